The van der Waals surface area contributed by atoms with E-state index in [0.717, 1.165) is 0 Å². The van der Waals surface area contributed by atoms with Crippen LogP contribution in [-0.2, 0) is 11.2 Å². The minimum Gasteiger partial charge on any atom is -0.504 e. The van der Waals surface area contributed by atoms with E-state index in [2.05, 4.69) is 15.0 Å². The first kappa shape index (κ1) is 14.6. The summed E-state index contributed by atoms with van der Waals surface area (Å²) >= 11 is 0. The normalized spacial score (nSPS) is 12.4. The molecule has 0 spiro atoms. The van der Waals surface area contributed by atoms with Gasteiger partial charge in [-0.3, -0.25) is 4.99 Å². The topological polar surface area (TPSA) is 108 Å². The molecule has 1 aromatic heterocycles. The number of phenols is 1. The van der Waals surface area contributed by atoms with Crippen molar-refractivity contribution < 1.29 is 19.7 Å². The number of benzene rings is 1. The summed E-state index contributed by atoms with van der Waals surface area (Å²) < 4.78 is 4.98. The number of phenolic OH excluding ortho intramolecular Hbond substituents is 1. The van der Waals surface area contributed by atoms with Gasteiger partial charge < -0.3 is 19.9 Å². The Hall–Kier alpha value is -2.83. The number of carbonyl (C=O) groups is 1. The van der Waals surface area contributed by atoms with E-state index in [4.69, 9.17) is 4.74 Å². The summed E-state index contributed by atoms with van der Waals surface area (Å²) in [5.41, 5.74) is 0.997. The van der Waals surface area contributed by atoms with Crippen LogP contribution in [0.3, 0.4) is 0 Å². The minimum atomic E-state index is -1.06. The predicted octanol–water partition coefficient (Wildman–Crippen LogP) is 1.24. The Morgan fingerprint density at radius 3 is 3.00 bits per heavy atom. The number of aromatic amines is 1. The highest BCUT2D eigenvalue weighted by atomic mass is 16.5. The molecule has 2 aromatic rings. The SMILES string of the molecule is COc1cccc(C=NC(Cc2c[nH]cn2)C(=O)O)c1O. The first-order valence-electron chi connectivity index (χ1n) is 6.21. The molecule has 7 nitrogen and oxygen atoms in total. The lowest BCUT2D eigenvalue weighted by Crippen LogP contribution is -2.21. The molecule has 1 atom stereocenters. The number of aliphatic imine (C=N–C) groups is 1. The molecule has 7 heteroatoms. The summed E-state index contributed by atoms with van der Waals surface area (Å²) in [6.07, 6.45) is 4.59. The van der Waals surface area contributed by atoms with Gasteiger partial charge in [-0.1, -0.05) is 6.07 Å². The maximum Gasteiger partial charge on any atom is 0.328 e. The number of ether oxygens (including phenoxy) is 1. The van der Waals surface area contributed by atoms with Crippen LogP contribution in [0.2, 0.25) is 0 Å². The molecule has 0 amide bonds. The average Bonchev–Trinajstić information content (AvgIpc) is 2.97. The molecular weight excluding hydrogens is 274 g/mol. The lowest BCUT2D eigenvalue weighted by Gasteiger charge is -2.07. The zero-order valence-electron chi connectivity index (χ0n) is 11.4. The van der Waals surface area contributed by atoms with Crippen LogP contribution in [0.1, 0.15) is 11.3 Å². The molecule has 2 rings (SSSR count). The molecule has 0 saturated heterocycles. The van der Waals surface area contributed by atoms with Gasteiger partial charge in [0.2, 0.25) is 0 Å². The lowest BCUT2D eigenvalue weighted by atomic mass is 10.1. The number of aromatic nitrogens is 2. The number of rotatable bonds is 6. The van der Waals surface area contributed by atoms with Crippen molar-refractivity contribution >= 4 is 12.2 Å². The van der Waals surface area contributed by atoms with Gasteiger partial charge in [-0.05, 0) is 12.1 Å². The zero-order valence-corrected chi connectivity index (χ0v) is 11.4. The van der Waals surface area contributed by atoms with E-state index >= 15 is 0 Å². The number of hydrogen-bond donors (Lipinski definition) is 3. The number of carboxylic acids is 1. The van der Waals surface area contributed by atoms with Crippen molar-refractivity contribution in [1.29, 1.82) is 0 Å². The highest BCUT2D eigenvalue weighted by molar-refractivity contribution is 5.87. The van der Waals surface area contributed by atoms with Crippen LogP contribution in [0.5, 0.6) is 11.5 Å². The third kappa shape index (κ3) is 3.59. The molecule has 0 fully saturated rings. The Morgan fingerprint density at radius 2 is 2.38 bits per heavy atom. The molecule has 3 N–H and O–H groups in total. The van der Waals surface area contributed by atoms with Gasteiger partial charge in [-0.15, -0.1) is 0 Å². The van der Waals surface area contributed by atoms with E-state index in [1.807, 2.05) is 0 Å². The molecule has 0 bridgehead atoms. The fourth-order valence-electron chi connectivity index (χ4n) is 1.78. The Balaban J connectivity index is 2.18. The number of carboxylic acid groups (broad SMARTS) is 1. The summed E-state index contributed by atoms with van der Waals surface area (Å²) in [4.78, 5) is 22.0. The minimum absolute atomic E-state index is 0.0762. The second kappa shape index (κ2) is 6.56. The van der Waals surface area contributed by atoms with Crippen molar-refractivity contribution in [2.45, 2.75) is 12.5 Å². The molecular formula is C14H15N3O4. The molecule has 0 saturated carbocycles. The molecule has 110 valence electrons. The van der Waals surface area contributed by atoms with Crippen LogP contribution in [0.25, 0.3) is 0 Å². The van der Waals surface area contributed by atoms with Gasteiger partial charge in [0.25, 0.3) is 0 Å². The molecule has 0 aliphatic carbocycles. The van der Waals surface area contributed by atoms with Crippen LogP contribution in [0.15, 0.2) is 35.7 Å². The largest absolute Gasteiger partial charge is 0.504 e. The van der Waals surface area contributed by atoms with E-state index in [1.165, 1.54) is 19.7 Å². The second-order valence-electron chi connectivity index (χ2n) is 4.29. The monoisotopic (exact) mass is 289 g/mol. The van der Waals surface area contributed by atoms with Crippen LogP contribution < -0.4 is 4.74 Å². The third-order valence-corrected chi connectivity index (χ3v) is 2.89. The quantitative estimate of drug-likeness (QED) is 0.693. The number of nitrogens with one attached hydrogen (secondary N) is 1. The van der Waals surface area contributed by atoms with E-state index in [9.17, 15) is 15.0 Å². The summed E-state index contributed by atoms with van der Waals surface area (Å²) in [7, 11) is 1.44. The second-order valence-corrected chi connectivity index (χ2v) is 4.29. The van der Waals surface area contributed by atoms with Gasteiger partial charge in [0, 0.05) is 24.4 Å². The number of methoxy groups -OCH3 is 1. The Bertz CT molecular complexity index is 638. The van der Waals surface area contributed by atoms with Crippen molar-refractivity contribution in [1.82, 2.24) is 9.97 Å². The number of H-pyrrole nitrogens is 1. The van der Waals surface area contributed by atoms with Gasteiger partial charge in [0.15, 0.2) is 17.5 Å². The molecule has 1 unspecified atom stereocenters. The molecule has 0 aliphatic rings. The van der Waals surface area contributed by atoms with Crippen molar-refractivity contribution in [2.75, 3.05) is 7.11 Å². The third-order valence-electron chi connectivity index (χ3n) is 2.89. The number of nitrogens with zero attached hydrogens (tertiary/aromatic N) is 2. The summed E-state index contributed by atoms with van der Waals surface area (Å²) in [5, 5.41) is 19.1. The van der Waals surface area contributed by atoms with Crippen molar-refractivity contribution in [3.05, 3.63) is 42.0 Å². The van der Waals surface area contributed by atoms with E-state index < -0.39 is 12.0 Å². The van der Waals surface area contributed by atoms with Crippen molar-refractivity contribution in [3.63, 3.8) is 0 Å². The average molecular weight is 289 g/mol. The Morgan fingerprint density at radius 1 is 1.57 bits per heavy atom. The molecule has 0 radical (unpaired) electrons. The first-order valence-corrected chi connectivity index (χ1v) is 6.21. The maximum atomic E-state index is 11.2. The number of para-hydroxylation sites is 1. The number of aliphatic carboxylic acids is 1. The molecule has 0 aliphatic heterocycles. The maximum absolute atomic E-state index is 11.2. The van der Waals surface area contributed by atoms with Gasteiger partial charge in [-0.25, -0.2) is 9.78 Å². The van der Waals surface area contributed by atoms with E-state index in [-0.39, 0.29) is 12.2 Å². The van der Waals surface area contributed by atoms with Crippen molar-refractivity contribution in [2.24, 2.45) is 4.99 Å². The standard InChI is InChI=1S/C14H15N3O4/c1-21-12-4-2-3-9(13(12)18)6-16-11(14(19)20)5-10-7-15-8-17-10/h2-4,6-8,11,18H,5H2,1H3,(H,15,17)(H,19,20). The summed E-state index contributed by atoms with van der Waals surface area (Å²) in [6, 6.07) is 3.93. The van der Waals surface area contributed by atoms with Crippen LogP contribution in [-0.4, -0.2) is 45.5 Å². The first-order chi connectivity index (χ1) is 10.1. The van der Waals surface area contributed by atoms with Crippen LogP contribution in [0, 0.1) is 0 Å². The highest BCUT2D eigenvalue weighted by Crippen LogP contribution is 2.28. The van der Waals surface area contributed by atoms with E-state index in [1.54, 1.807) is 24.4 Å². The van der Waals surface area contributed by atoms with Gasteiger partial charge in [0.1, 0.15) is 0 Å². The zero-order chi connectivity index (χ0) is 15.2. The molecule has 1 heterocycles. The molecule has 1 aromatic carbocycles. The smallest absolute Gasteiger partial charge is 0.328 e. The van der Waals surface area contributed by atoms with Gasteiger partial charge >= 0.3 is 5.97 Å². The Labute approximate surface area is 121 Å². The van der Waals surface area contributed by atoms with Gasteiger partial charge in [0.05, 0.1) is 19.1 Å². The summed E-state index contributed by atoms with van der Waals surface area (Å²) in [5.74, 6) is -0.831. The molecule has 21 heavy (non-hydrogen) atoms. The van der Waals surface area contributed by atoms with Crippen LogP contribution in [0.4, 0.5) is 0 Å². The number of aromatic hydroxyl groups is 1. The van der Waals surface area contributed by atoms with Crippen LogP contribution >= 0.6 is 0 Å². The highest BCUT2D eigenvalue weighted by Gasteiger charge is 2.17. The van der Waals surface area contributed by atoms with Crippen molar-refractivity contribution in [3.8, 4) is 11.5 Å². The van der Waals surface area contributed by atoms with E-state index in [0.29, 0.717) is 17.0 Å². The summed E-state index contributed by atoms with van der Waals surface area (Å²) in [6.45, 7) is 0. The number of hydrogen-bond acceptors (Lipinski definition) is 5. The lowest BCUT2D eigenvalue weighted by molar-refractivity contribution is -0.138. The fourth-order valence-corrected chi connectivity index (χ4v) is 1.78. The number of imidazole rings is 1. The Kier molecular flexibility index (Phi) is 4.55. The predicted molar refractivity (Wildman–Crippen MR) is 76.0 cm³/mol. The fraction of sp³-hybridized carbons (Fsp3) is 0.214. The van der Waals surface area contributed by atoms with Gasteiger partial charge in [-0.2, -0.15) is 0 Å².